The van der Waals surface area contributed by atoms with Gasteiger partial charge in [0.15, 0.2) is 0 Å². The zero-order valence-electron chi connectivity index (χ0n) is 15.1. The van der Waals surface area contributed by atoms with Crippen LogP contribution in [0.4, 0.5) is 0 Å². The lowest BCUT2D eigenvalue weighted by atomic mass is 10.2. The molecule has 0 radical (unpaired) electrons. The summed E-state index contributed by atoms with van der Waals surface area (Å²) in [5.74, 6) is 0.987. The van der Waals surface area contributed by atoms with Gasteiger partial charge in [0.25, 0.3) is 5.91 Å². The maximum Gasteiger partial charge on any atom is 0.274 e. The van der Waals surface area contributed by atoms with E-state index in [9.17, 15) is 4.79 Å². The monoisotopic (exact) mass is 369 g/mol. The minimum absolute atomic E-state index is 0.290. The van der Waals surface area contributed by atoms with Gasteiger partial charge in [-0.3, -0.25) is 4.79 Å². The number of amides is 1. The van der Waals surface area contributed by atoms with E-state index < -0.39 is 0 Å². The molecule has 0 saturated heterocycles. The first-order valence-corrected chi connectivity index (χ1v) is 8.60. The summed E-state index contributed by atoms with van der Waals surface area (Å²) in [4.78, 5) is 12.2. The van der Waals surface area contributed by atoms with E-state index in [1.807, 2.05) is 44.2 Å². The zero-order chi connectivity index (χ0) is 18.8. The first-order valence-electron chi connectivity index (χ1n) is 8.22. The lowest BCUT2D eigenvalue weighted by Gasteiger charge is -2.09. The van der Waals surface area contributed by atoms with Gasteiger partial charge < -0.3 is 8.98 Å². The van der Waals surface area contributed by atoms with Crippen molar-refractivity contribution >= 4 is 23.7 Å². The van der Waals surface area contributed by atoms with Crippen molar-refractivity contribution in [2.45, 2.75) is 27.7 Å². The first kappa shape index (κ1) is 18.0. The molecule has 26 heavy (non-hydrogen) atoms. The van der Waals surface area contributed by atoms with E-state index in [1.54, 1.807) is 26.1 Å². The van der Waals surface area contributed by atoms with Gasteiger partial charge in [0.1, 0.15) is 11.5 Å². The number of carbonyl (C=O) groups is 1. The Labute approximate surface area is 157 Å². The Balaban J connectivity index is 1.79. The normalized spacial score (nSPS) is 11.3. The van der Waals surface area contributed by atoms with Crippen LogP contribution >= 0.6 is 11.6 Å². The molecule has 0 fully saturated rings. The van der Waals surface area contributed by atoms with Gasteiger partial charge >= 0.3 is 0 Å². The van der Waals surface area contributed by atoms with Gasteiger partial charge in [0.05, 0.1) is 11.8 Å². The summed E-state index contributed by atoms with van der Waals surface area (Å²) >= 11 is 5.97. The van der Waals surface area contributed by atoms with Gasteiger partial charge in [0, 0.05) is 27.7 Å². The van der Waals surface area contributed by atoms with Gasteiger partial charge in [0.2, 0.25) is 0 Å². The first-order chi connectivity index (χ1) is 12.4. The van der Waals surface area contributed by atoms with Crippen molar-refractivity contribution < 1.29 is 9.21 Å². The molecule has 2 heterocycles. The van der Waals surface area contributed by atoms with E-state index in [4.69, 9.17) is 16.0 Å². The number of aryl methyl sites for hydroxylation is 3. The van der Waals surface area contributed by atoms with Gasteiger partial charge in [-0.25, -0.2) is 5.43 Å². The van der Waals surface area contributed by atoms with Crippen LogP contribution in [0.15, 0.2) is 45.9 Å². The van der Waals surface area contributed by atoms with Crippen LogP contribution in [0.25, 0.3) is 5.69 Å². The zero-order valence-corrected chi connectivity index (χ0v) is 15.9. The predicted octanol–water partition coefficient (Wildman–Crippen LogP) is 4.72. The number of benzene rings is 1. The maximum atomic E-state index is 12.2. The molecule has 0 aliphatic heterocycles. The lowest BCUT2D eigenvalue weighted by molar-refractivity contribution is 0.0953. The maximum absolute atomic E-state index is 12.2. The summed E-state index contributed by atoms with van der Waals surface area (Å²) in [6.45, 7) is 7.59. The molecule has 0 bridgehead atoms. The van der Waals surface area contributed by atoms with Crippen LogP contribution < -0.4 is 5.43 Å². The van der Waals surface area contributed by atoms with Crippen LogP contribution in [0.3, 0.4) is 0 Å². The quantitative estimate of drug-likeness (QED) is 0.534. The second kappa shape index (κ2) is 7.22. The molecule has 0 saturated carbocycles. The summed E-state index contributed by atoms with van der Waals surface area (Å²) < 4.78 is 7.48. The van der Waals surface area contributed by atoms with Crippen molar-refractivity contribution in [3.05, 3.63) is 75.5 Å². The molecule has 0 aliphatic carbocycles. The Bertz CT molecular complexity index is 981. The fraction of sp³-hybridized carbons (Fsp3) is 0.200. The van der Waals surface area contributed by atoms with Crippen molar-refractivity contribution in [3.8, 4) is 5.69 Å². The highest BCUT2D eigenvalue weighted by molar-refractivity contribution is 6.30. The van der Waals surface area contributed by atoms with E-state index >= 15 is 0 Å². The number of aromatic nitrogens is 1. The summed E-state index contributed by atoms with van der Waals surface area (Å²) in [7, 11) is 0. The average Bonchev–Trinajstić information content (AvgIpc) is 3.07. The predicted molar refractivity (Wildman–Crippen MR) is 103 cm³/mol. The van der Waals surface area contributed by atoms with E-state index in [0.29, 0.717) is 22.1 Å². The molecule has 2 aromatic heterocycles. The molecular formula is C20H20ClN3O2. The fourth-order valence-electron chi connectivity index (χ4n) is 2.98. The summed E-state index contributed by atoms with van der Waals surface area (Å²) in [5, 5.41) is 4.79. The van der Waals surface area contributed by atoms with Crippen molar-refractivity contribution in [2.24, 2.45) is 5.10 Å². The molecule has 0 atom stereocenters. The van der Waals surface area contributed by atoms with Crippen molar-refractivity contribution in [1.82, 2.24) is 9.99 Å². The highest BCUT2D eigenvalue weighted by atomic mass is 35.5. The molecule has 1 N–H and O–H groups in total. The molecule has 0 spiro atoms. The summed E-state index contributed by atoms with van der Waals surface area (Å²) in [6, 6.07) is 11.4. The molecule has 6 heteroatoms. The molecule has 3 rings (SSSR count). The SMILES string of the molecule is Cc1cc(C(=O)N/N=C\c2cc(C)n(-c3ccc(Cl)cc3)c2C)c(C)o1. The third-order valence-electron chi connectivity index (χ3n) is 4.21. The Morgan fingerprint density at radius 3 is 2.46 bits per heavy atom. The van der Waals surface area contributed by atoms with Crippen molar-refractivity contribution in [1.29, 1.82) is 0 Å². The molecule has 134 valence electrons. The van der Waals surface area contributed by atoms with E-state index in [-0.39, 0.29) is 5.91 Å². The number of nitrogens with zero attached hydrogens (tertiary/aromatic N) is 2. The molecule has 1 amide bonds. The Morgan fingerprint density at radius 2 is 1.85 bits per heavy atom. The number of halogens is 1. The number of hydrogen-bond acceptors (Lipinski definition) is 3. The Hall–Kier alpha value is -2.79. The molecule has 0 aliphatic rings. The van der Waals surface area contributed by atoms with Crippen LogP contribution in [0.1, 0.15) is 38.8 Å². The highest BCUT2D eigenvalue weighted by Crippen LogP contribution is 2.21. The average molecular weight is 370 g/mol. The third kappa shape index (κ3) is 3.58. The standard InChI is InChI=1S/C20H20ClN3O2/c1-12-9-16(14(3)24(12)18-7-5-17(21)6-8-18)11-22-23-20(25)19-10-13(2)26-15(19)4/h5-11H,1-4H3,(H,23,25)/b22-11-. The number of nitrogens with one attached hydrogen (secondary N) is 1. The van der Waals surface area contributed by atoms with Crippen LogP contribution in [0.5, 0.6) is 0 Å². The summed E-state index contributed by atoms with van der Waals surface area (Å²) in [6.07, 6.45) is 1.65. The van der Waals surface area contributed by atoms with E-state index in [1.165, 1.54) is 0 Å². The Kier molecular flexibility index (Phi) is 5.00. The number of hydrogen-bond donors (Lipinski definition) is 1. The second-order valence-corrected chi connectivity index (χ2v) is 6.60. The molecule has 0 unspecified atom stereocenters. The largest absolute Gasteiger partial charge is 0.466 e. The van der Waals surface area contributed by atoms with Crippen molar-refractivity contribution in [3.63, 3.8) is 0 Å². The van der Waals surface area contributed by atoms with Gasteiger partial charge in [-0.1, -0.05) is 11.6 Å². The fourth-order valence-corrected chi connectivity index (χ4v) is 3.11. The number of carbonyl (C=O) groups excluding carboxylic acids is 1. The van der Waals surface area contributed by atoms with Crippen LogP contribution in [-0.2, 0) is 0 Å². The topological polar surface area (TPSA) is 59.5 Å². The van der Waals surface area contributed by atoms with Crippen LogP contribution in [0, 0.1) is 27.7 Å². The van der Waals surface area contributed by atoms with Gasteiger partial charge in [-0.05, 0) is 64.1 Å². The van der Waals surface area contributed by atoms with Gasteiger partial charge in [-0.15, -0.1) is 0 Å². The minimum atomic E-state index is -0.290. The number of furan rings is 1. The van der Waals surface area contributed by atoms with Crippen molar-refractivity contribution in [2.75, 3.05) is 0 Å². The molecule has 1 aromatic carbocycles. The molecule has 5 nitrogen and oxygen atoms in total. The highest BCUT2D eigenvalue weighted by Gasteiger charge is 2.13. The molecular weight excluding hydrogens is 350 g/mol. The molecule has 3 aromatic rings. The summed E-state index contributed by atoms with van der Waals surface area (Å²) in [5.41, 5.74) is 7.09. The smallest absolute Gasteiger partial charge is 0.274 e. The third-order valence-corrected chi connectivity index (χ3v) is 4.46. The van der Waals surface area contributed by atoms with E-state index in [2.05, 4.69) is 15.1 Å². The van der Waals surface area contributed by atoms with Crippen LogP contribution in [0.2, 0.25) is 5.02 Å². The van der Waals surface area contributed by atoms with E-state index in [0.717, 1.165) is 22.6 Å². The lowest BCUT2D eigenvalue weighted by Crippen LogP contribution is -2.17. The number of rotatable bonds is 4. The Morgan fingerprint density at radius 1 is 1.15 bits per heavy atom. The second-order valence-electron chi connectivity index (χ2n) is 6.16. The number of hydrazone groups is 1. The minimum Gasteiger partial charge on any atom is -0.466 e. The van der Waals surface area contributed by atoms with Crippen LogP contribution in [-0.4, -0.2) is 16.7 Å². The van der Waals surface area contributed by atoms with Gasteiger partial charge in [-0.2, -0.15) is 5.10 Å².